The predicted molar refractivity (Wildman–Crippen MR) is 77.5 cm³/mol. The van der Waals surface area contributed by atoms with E-state index in [1.165, 1.54) is 5.56 Å². The molecule has 0 bridgehead atoms. The fourth-order valence-electron chi connectivity index (χ4n) is 2.71. The van der Waals surface area contributed by atoms with Crippen molar-refractivity contribution in [3.63, 3.8) is 0 Å². The summed E-state index contributed by atoms with van der Waals surface area (Å²) in [6, 6.07) is 10.1. The number of hydrogen-bond acceptors (Lipinski definition) is 4. The smallest absolute Gasteiger partial charge is 0.162 e. The summed E-state index contributed by atoms with van der Waals surface area (Å²) in [5.41, 5.74) is 4.55. The lowest BCUT2D eigenvalue weighted by Gasteiger charge is -2.21. The van der Waals surface area contributed by atoms with Crippen molar-refractivity contribution in [2.24, 2.45) is 0 Å². The summed E-state index contributed by atoms with van der Waals surface area (Å²) in [6.45, 7) is 3.88. The SMILES string of the molecule is COC(c1ccccc1)c1nc(C)c2c(n1)CNCC2. The first-order valence-corrected chi connectivity index (χ1v) is 6.94. The van der Waals surface area contributed by atoms with E-state index in [1.807, 2.05) is 30.3 Å². The molecule has 20 heavy (non-hydrogen) atoms. The first kappa shape index (κ1) is 13.2. The largest absolute Gasteiger partial charge is 0.369 e. The normalized spacial score (nSPS) is 15.7. The maximum absolute atomic E-state index is 5.62. The summed E-state index contributed by atoms with van der Waals surface area (Å²) in [4.78, 5) is 9.39. The summed E-state index contributed by atoms with van der Waals surface area (Å²) in [5.74, 6) is 0.749. The summed E-state index contributed by atoms with van der Waals surface area (Å²) in [6.07, 6.45) is 0.798. The second-order valence-electron chi connectivity index (χ2n) is 5.05. The predicted octanol–water partition coefficient (Wildman–Crippen LogP) is 2.17. The molecule has 1 aliphatic heterocycles. The van der Waals surface area contributed by atoms with E-state index in [-0.39, 0.29) is 6.10 Å². The summed E-state index contributed by atoms with van der Waals surface area (Å²) >= 11 is 0. The molecule has 0 fully saturated rings. The quantitative estimate of drug-likeness (QED) is 0.927. The molecule has 2 heterocycles. The molecule has 4 heteroatoms. The topological polar surface area (TPSA) is 47.0 Å². The van der Waals surface area contributed by atoms with Gasteiger partial charge in [0.25, 0.3) is 0 Å². The molecule has 3 rings (SSSR count). The van der Waals surface area contributed by atoms with Crippen LogP contribution in [0.15, 0.2) is 30.3 Å². The highest BCUT2D eigenvalue weighted by atomic mass is 16.5. The minimum absolute atomic E-state index is 0.206. The highest BCUT2D eigenvalue weighted by Gasteiger charge is 2.21. The molecule has 0 radical (unpaired) electrons. The van der Waals surface area contributed by atoms with Crippen LogP contribution in [0.2, 0.25) is 0 Å². The highest BCUT2D eigenvalue weighted by Crippen LogP contribution is 2.25. The molecule has 1 atom stereocenters. The van der Waals surface area contributed by atoms with Gasteiger partial charge in [0.15, 0.2) is 5.82 Å². The van der Waals surface area contributed by atoms with Gasteiger partial charge < -0.3 is 10.1 Å². The molecular formula is C16H19N3O. The van der Waals surface area contributed by atoms with Crippen LogP contribution in [0.3, 0.4) is 0 Å². The molecule has 0 spiro atoms. The van der Waals surface area contributed by atoms with Crippen molar-refractivity contribution in [2.45, 2.75) is 26.0 Å². The molecule has 0 amide bonds. The second kappa shape index (κ2) is 5.69. The zero-order valence-corrected chi connectivity index (χ0v) is 11.9. The number of methoxy groups -OCH3 is 1. The molecule has 1 N–H and O–H groups in total. The maximum Gasteiger partial charge on any atom is 0.162 e. The van der Waals surface area contributed by atoms with Crippen LogP contribution in [-0.2, 0) is 17.7 Å². The fraction of sp³-hybridized carbons (Fsp3) is 0.375. The van der Waals surface area contributed by atoms with Crippen LogP contribution in [0.25, 0.3) is 0 Å². The second-order valence-corrected chi connectivity index (χ2v) is 5.05. The van der Waals surface area contributed by atoms with Crippen molar-refractivity contribution >= 4 is 0 Å². The number of fused-ring (bicyclic) bond motifs is 1. The van der Waals surface area contributed by atoms with Crippen LogP contribution in [0.5, 0.6) is 0 Å². The van der Waals surface area contributed by atoms with Crippen LogP contribution in [0.1, 0.15) is 34.4 Å². The molecule has 0 saturated carbocycles. The molecule has 4 nitrogen and oxygen atoms in total. The van der Waals surface area contributed by atoms with Gasteiger partial charge in [-0.05, 0) is 31.0 Å². The van der Waals surface area contributed by atoms with E-state index >= 15 is 0 Å². The zero-order valence-electron chi connectivity index (χ0n) is 11.9. The van der Waals surface area contributed by atoms with Crippen LogP contribution in [0, 0.1) is 6.92 Å². The number of rotatable bonds is 3. The number of nitrogens with zero attached hydrogens (tertiary/aromatic N) is 2. The standard InChI is InChI=1S/C16H19N3O/c1-11-13-8-9-17-10-14(13)19-16(18-11)15(20-2)12-6-4-3-5-7-12/h3-7,15,17H,8-10H2,1-2H3. The Hall–Kier alpha value is -1.78. The molecule has 1 aromatic heterocycles. The Bertz CT molecular complexity index is 598. The van der Waals surface area contributed by atoms with Crippen LogP contribution < -0.4 is 5.32 Å². The van der Waals surface area contributed by atoms with Crippen LogP contribution in [-0.4, -0.2) is 23.6 Å². The molecule has 1 unspecified atom stereocenters. The highest BCUT2D eigenvalue weighted by molar-refractivity contribution is 5.30. The van der Waals surface area contributed by atoms with Gasteiger partial charge in [-0.15, -0.1) is 0 Å². The van der Waals surface area contributed by atoms with E-state index in [0.717, 1.165) is 42.3 Å². The maximum atomic E-state index is 5.62. The first-order valence-electron chi connectivity index (χ1n) is 6.94. The minimum Gasteiger partial charge on any atom is -0.369 e. The lowest BCUT2D eigenvalue weighted by Crippen LogP contribution is -2.27. The summed E-state index contributed by atoms with van der Waals surface area (Å²) in [5, 5.41) is 3.36. The molecule has 0 aliphatic carbocycles. The van der Waals surface area contributed by atoms with E-state index < -0.39 is 0 Å². The van der Waals surface area contributed by atoms with Gasteiger partial charge in [0, 0.05) is 19.3 Å². The number of aryl methyl sites for hydroxylation is 1. The van der Waals surface area contributed by atoms with Crippen molar-refractivity contribution < 1.29 is 4.74 Å². The van der Waals surface area contributed by atoms with E-state index in [2.05, 4.69) is 17.2 Å². The number of nitrogens with one attached hydrogen (secondary N) is 1. The third kappa shape index (κ3) is 2.44. The van der Waals surface area contributed by atoms with Gasteiger partial charge in [-0.3, -0.25) is 0 Å². The monoisotopic (exact) mass is 269 g/mol. The molecule has 1 aliphatic rings. The lowest BCUT2D eigenvalue weighted by molar-refractivity contribution is 0.128. The van der Waals surface area contributed by atoms with E-state index in [0.29, 0.717) is 0 Å². The van der Waals surface area contributed by atoms with Gasteiger partial charge in [-0.25, -0.2) is 9.97 Å². The molecule has 0 saturated heterocycles. The Balaban J connectivity index is 2.02. The molecular weight excluding hydrogens is 250 g/mol. The number of benzene rings is 1. The van der Waals surface area contributed by atoms with E-state index in [9.17, 15) is 0 Å². The Morgan fingerprint density at radius 2 is 2.00 bits per heavy atom. The van der Waals surface area contributed by atoms with Crippen molar-refractivity contribution in [1.82, 2.24) is 15.3 Å². The van der Waals surface area contributed by atoms with Crippen molar-refractivity contribution in [3.05, 3.63) is 58.7 Å². The van der Waals surface area contributed by atoms with Gasteiger partial charge >= 0.3 is 0 Å². The van der Waals surface area contributed by atoms with Crippen molar-refractivity contribution in [2.75, 3.05) is 13.7 Å². The lowest BCUT2D eigenvalue weighted by atomic mass is 10.0. The Kier molecular flexibility index (Phi) is 3.76. The van der Waals surface area contributed by atoms with Gasteiger partial charge in [-0.2, -0.15) is 0 Å². The summed E-state index contributed by atoms with van der Waals surface area (Å²) < 4.78 is 5.62. The van der Waals surface area contributed by atoms with Gasteiger partial charge in [-0.1, -0.05) is 30.3 Å². The minimum atomic E-state index is -0.206. The van der Waals surface area contributed by atoms with Crippen LogP contribution in [0.4, 0.5) is 0 Å². The number of ether oxygens (including phenoxy) is 1. The summed E-state index contributed by atoms with van der Waals surface area (Å²) in [7, 11) is 1.70. The molecule has 2 aromatic rings. The van der Waals surface area contributed by atoms with Gasteiger partial charge in [0.2, 0.25) is 0 Å². The van der Waals surface area contributed by atoms with Gasteiger partial charge in [0.1, 0.15) is 6.10 Å². The number of aromatic nitrogens is 2. The Morgan fingerprint density at radius 3 is 2.75 bits per heavy atom. The van der Waals surface area contributed by atoms with E-state index in [1.54, 1.807) is 7.11 Å². The third-order valence-electron chi connectivity index (χ3n) is 3.73. The van der Waals surface area contributed by atoms with Crippen molar-refractivity contribution in [3.8, 4) is 0 Å². The zero-order chi connectivity index (χ0) is 13.9. The van der Waals surface area contributed by atoms with E-state index in [4.69, 9.17) is 9.72 Å². The molecule has 1 aromatic carbocycles. The third-order valence-corrected chi connectivity index (χ3v) is 3.73. The van der Waals surface area contributed by atoms with Crippen LogP contribution >= 0.6 is 0 Å². The van der Waals surface area contributed by atoms with Gasteiger partial charge in [0.05, 0.1) is 5.69 Å². The Labute approximate surface area is 119 Å². The average Bonchev–Trinajstić information content (AvgIpc) is 2.49. The number of hydrogen-bond donors (Lipinski definition) is 1. The average molecular weight is 269 g/mol. The van der Waals surface area contributed by atoms with Crippen molar-refractivity contribution in [1.29, 1.82) is 0 Å². The molecule has 104 valence electrons. The first-order chi connectivity index (χ1) is 9.79. The fourth-order valence-corrected chi connectivity index (χ4v) is 2.71. The Morgan fingerprint density at radius 1 is 1.20 bits per heavy atom.